The maximum absolute atomic E-state index is 2.35. The molecule has 0 unspecified atom stereocenters. The van der Waals surface area contributed by atoms with E-state index in [0.717, 1.165) is 0 Å². The Morgan fingerprint density at radius 3 is 0.889 bits per heavy atom. The molecule has 1 heteroatoms. The highest BCUT2D eigenvalue weighted by atomic mass is 24.5. The molecule has 0 nitrogen and oxygen atoms in total. The van der Waals surface area contributed by atoms with Gasteiger partial charge in [-0.2, -0.15) is 0 Å². The van der Waals surface area contributed by atoms with Crippen molar-refractivity contribution in [1.82, 2.24) is 0 Å². The molecule has 0 spiro atoms. The quantitative estimate of drug-likeness (QED) is 0.451. The minimum atomic E-state index is 0.0880. The minimum absolute atomic E-state index is 0.0880. The summed E-state index contributed by atoms with van der Waals surface area (Å²) >= 11 is 0.0880. The smallest absolute Gasteiger partial charge is 0.131 e. The first-order valence-electron chi connectivity index (χ1n) is 3.71. The van der Waals surface area contributed by atoms with Crippen LogP contribution < -0.4 is 0 Å². The highest BCUT2D eigenvalue weighted by Crippen LogP contribution is 2.33. The molecule has 0 fully saturated rings. The van der Waals surface area contributed by atoms with Gasteiger partial charge >= 0.3 is 20.4 Å². The largest absolute Gasteiger partial charge is 0.380 e. The second kappa shape index (κ2) is 2.79. The third-order valence-electron chi connectivity index (χ3n) is 1.06. The van der Waals surface area contributed by atoms with Crippen LogP contribution in [0.2, 0.25) is 7.09 Å². The fourth-order valence-electron chi connectivity index (χ4n) is 1.59. The van der Waals surface area contributed by atoms with E-state index in [1.165, 1.54) is 0 Å². The Bertz CT molecular complexity index is 69.7. The van der Waals surface area contributed by atoms with Crippen LogP contribution in [0.15, 0.2) is 0 Å². The van der Waals surface area contributed by atoms with Crippen molar-refractivity contribution in [3.05, 3.63) is 0 Å². The van der Waals surface area contributed by atoms with Gasteiger partial charge in [-0.15, -0.1) is 7.09 Å². The molecule has 0 atom stereocenters. The van der Waals surface area contributed by atoms with E-state index >= 15 is 0 Å². The predicted octanol–water partition coefficient (Wildman–Crippen LogP) is 3.13. The lowest BCUT2D eigenvalue weighted by molar-refractivity contribution is 0.668. The lowest BCUT2D eigenvalue weighted by atomic mass is 10.2. The fourth-order valence-corrected chi connectivity index (χ4v) is 4.77. The van der Waals surface area contributed by atoms with Gasteiger partial charge in [0.2, 0.25) is 0 Å². The summed E-state index contributed by atoms with van der Waals surface area (Å²) in [7, 11) is 0. The van der Waals surface area contributed by atoms with Crippen molar-refractivity contribution in [3.63, 3.8) is 0 Å². The Kier molecular flexibility index (Phi) is 3.03. The highest BCUT2D eigenvalue weighted by Gasteiger charge is 2.24. The van der Waals surface area contributed by atoms with E-state index in [9.17, 15) is 0 Å². The van der Waals surface area contributed by atoms with E-state index in [1.54, 1.807) is 0 Å². The van der Waals surface area contributed by atoms with Crippen molar-refractivity contribution in [1.29, 1.82) is 0 Å². The average molecular weight is 139 g/mol. The Labute approximate surface area is 69.1 Å². The van der Waals surface area contributed by atoms with Crippen molar-refractivity contribution in [2.75, 3.05) is 0 Å². The van der Waals surface area contributed by atoms with Crippen molar-refractivity contribution in [2.24, 2.45) is 0 Å². The normalized spacial score (nSPS) is 13.1. The molecule has 52 valence electrons. The maximum atomic E-state index is 2.35. The molecular formula is C8H18Mg. The van der Waals surface area contributed by atoms with Crippen molar-refractivity contribution in [3.8, 4) is 0 Å². The maximum Gasteiger partial charge on any atom is 0.380 e. The number of hydrogen-bond acceptors (Lipinski definition) is 0. The summed E-state index contributed by atoms with van der Waals surface area (Å²) < 4.78 is 1.25. The molecule has 0 bridgehead atoms. The van der Waals surface area contributed by atoms with E-state index in [-0.39, 0.29) is 20.4 Å². The first-order chi connectivity index (χ1) is 3.71. The molecule has 0 aliphatic heterocycles. The van der Waals surface area contributed by atoms with Crippen LogP contribution in [0.5, 0.6) is 0 Å². The molecule has 0 amide bonds. The Morgan fingerprint density at radius 2 is 0.889 bits per heavy atom. The summed E-state index contributed by atoms with van der Waals surface area (Å²) in [6.45, 7) is 14.1. The van der Waals surface area contributed by atoms with Gasteiger partial charge in [0.15, 0.2) is 0 Å². The van der Waals surface area contributed by atoms with Gasteiger partial charge < -0.3 is 0 Å². The van der Waals surface area contributed by atoms with Gasteiger partial charge in [-0.25, -0.2) is 0 Å². The lowest BCUT2D eigenvalue weighted by Crippen LogP contribution is -2.18. The lowest BCUT2D eigenvalue weighted by Gasteiger charge is -2.26. The van der Waals surface area contributed by atoms with Gasteiger partial charge in [0.25, 0.3) is 0 Å². The van der Waals surface area contributed by atoms with Crippen molar-refractivity contribution in [2.45, 2.75) is 48.6 Å². The van der Waals surface area contributed by atoms with Crippen molar-refractivity contribution >= 4 is 20.4 Å². The molecule has 0 radical (unpaired) electrons. The topological polar surface area (TPSA) is 0 Å². The third-order valence-corrected chi connectivity index (χ3v) is 3.18. The van der Waals surface area contributed by atoms with Crippen LogP contribution in [0, 0.1) is 0 Å². The Balaban J connectivity index is 3.75. The molecule has 0 N–H and O–H groups in total. The molecule has 0 aromatic heterocycles. The van der Waals surface area contributed by atoms with Crippen LogP contribution in [-0.4, -0.2) is 20.4 Å². The van der Waals surface area contributed by atoms with Crippen LogP contribution >= 0.6 is 0 Å². The third kappa shape index (κ3) is 8.77. The predicted molar refractivity (Wildman–Crippen MR) is 45.2 cm³/mol. The molecule has 0 rings (SSSR count). The van der Waals surface area contributed by atoms with Gasteiger partial charge in [0, 0.05) is 0 Å². The molecule has 0 aromatic rings. The Hall–Kier alpha value is 0.766. The van der Waals surface area contributed by atoms with Crippen LogP contribution in [0.1, 0.15) is 41.5 Å². The zero-order valence-electron chi connectivity index (χ0n) is 7.71. The summed E-state index contributed by atoms with van der Waals surface area (Å²) in [6, 6.07) is 0. The van der Waals surface area contributed by atoms with E-state index < -0.39 is 0 Å². The second-order valence-electron chi connectivity index (χ2n) is 5.30. The van der Waals surface area contributed by atoms with E-state index in [1.807, 2.05) is 0 Å². The molecule has 0 aliphatic rings. The molecule has 0 aromatic carbocycles. The van der Waals surface area contributed by atoms with Gasteiger partial charge in [-0.3, -0.25) is 0 Å². The Morgan fingerprint density at radius 1 is 0.667 bits per heavy atom. The zero-order chi connectivity index (χ0) is 7.71. The summed E-state index contributed by atoms with van der Waals surface area (Å²) in [4.78, 5) is 0. The summed E-state index contributed by atoms with van der Waals surface area (Å²) in [5, 5.41) is 0. The van der Waals surface area contributed by atoms with Crippen LogP contribution in [0.4, 0.5) is 0 Å². The first-order valence-corrected chi connectivity index (χ1v) is 5.12. The number of hydrogen-bond donors (Lipinski definition) is 0. The van der Waals surface area contributed by atoms with Crippen LogP contribution in [0.25, 0.3) is 0 Å². The molecule has 0 heterocycles. The highest BCUT2D eigenvalue weighted by molar-refractivity contribution is 6.43. The monoisotopic (exact) mass is 138 g/mol. The molecule has 0 aliphatic carbocycles. The van der Waals surface area contributed by atoms with E-state index in [0.29, 0.717) is 7.09 Å². The van der Waals surface area contributed by atoms with Gasteiger partial charge in [0.05, 0.1) is 0 Å². The average Bonchev–Trinajstić information content (AvgIpc) is 1.14. The SMILES string of the molecule is C[C](C)(C)[Mg][C](C)(C)C. The molecule has 9 heavy (non-hydrogen) atoms. The summed E-state index contributed by atoms with van der Waals surface area (Å²) in [5.41, 5.74) is 0. The molecule has 0 saturated carbocycles. The van der Waals surface area contributed by atoms with E-state index in [4.69, 9.17) is 0 Å². The minimum Gasteiger partial charge on any atom is -0.131 e. The second-order valence-corrected chi connectivity index (χ2v) is 9.89. The molecular weight excluding hydrogens is 120 g/mol. The standard InChI is InChI=1S/2C4H9.Mg/c2*1-4(2)3;/h2*1-3H3;. The summed E-state index contributed by atoms with van der Waals surface area (Å²) in [6.07, 6.45) is 0. The van der Waals surface area contributed by atoms with Crippen LogP contribution in [-0.2, 0) is 0 Å². The molecule has 0 saturated heterocycles. The van der Waals surface area contributed by atoms with Crippen molar-refractivity contribution < 1.29 is 0 Å². The van der Waals surface area contributed by atoms with Gasteiger partial charge in [0.1, 0.15) is 0 Å². The van der Waals surface area contributed by atoms with Crippen LogP contribution in [0.3, 0.4) is 0 Å². The van der Waals surface area contributed by atoms with Gasteiger partial charge in [-0.05, 0) is 0 Å². The first kappa shape index (κ1) is 9.77. The zero-order valence-corrected chi connectivity index (χ0v) is 9.12. The fraction of sp³-hybridized carbons (Fsp3) is 1.00. The summed E-state index contributed by atoms with van der Waals surface area (Å²) in [5.74, 6) is 0. The number of rotatable bonds is 0. The van der Waals surface area contributed by atoms with Gasteiger partial charge in [-0.1, -0.05) is 41.5 Å². The van der Waals surface area contributed by atoms with E-state index in [2.05, 4.69) is 41.5 Å².